The highest BCUT2D eigenvalue weighted by atomic mass is 32.2. The fourth-order valence-electron chi connectivity index (χ4n) is 1.64. The van der Waals surface area contributed by atoms with E-state index in [-0.39, 0.29) is 18.0 Å². The van der Waals surface area contributed by atoms with Crippen LogP contribution in [0.5, 0.6) is 0 Å². The Morgan fingerprint density at radius 2 is 2.05 bits per heavy atom. The lowest BCUT2D eigenvalue weighted by Gasteiger charge is -2.17. The summed E-state index contributed by atoms with van der Waals surface area (Å²) in [5, 5.41) is 0. The third-order valence-corrected chi connectivity index (χ3v) is 3.73. The maximum absolute atomic E-state index is 12.8. The van der Waals surface area contributed by atoms with Crippen molar-refractivity contribution < 1.29 is 22.7 Å². The zero-order chi connectivity index (χ0) is 15.2. The molecule has 0 saturated carbocycles. The fourth-order valence-corrected chi connectivity index (χ4v) is 2.55. The number of rotatable bonds is 6. The van der Waals surface area contributed by atoms with Crippen molar-refractivity contribution in [2.45, 2.75) is 18.6 Å². The molecule has 0 aliphatic heterocycles. The van der Waals surface area contributed by atoms with Gasteiger partial charge in [0.2, 0.25) is 0 Å². The van der Waals surface area contributed by atoms with Gasteiger partial charge in [-0.3, -0.25) is 4.79 Å². The molecule has 7 heteroatoms. The van der Waals surface area contributed by atoms with Crippen LogP contribution < -0.4 is 5.73 Å². The Morgan fingerprint density at radius 1 is 1.40 bits per heavy atom. The molecule has 1 aromatic rings. The summed E-state index contributed by atoms with van der Waals surface area (Å²) in [5.74, 6) is 0.431. The third kappa shape index (κ3) is 5.05. The molecule has 0 fully saturated rings. The van der Waals surface area contributed by atoms with E-state index in [2.05, 4.69) is 4.74 Å². The van der Waals surface area contributed by atoms with Gasteiger partial charge in [-0.1, -0.05) is 18.2 Å². The van der Waals surface area contributed by atoms with Gasteiger partial charge < -0.3 is 10.5 Å². The van der Waals surface area contributed by atoms with Crippen molar-refractivity contribution in [3.05, 3.63) is 35.4 Å². The van der Waals surface area contributed by atoms with Gasteiger partial charge in [0, 0.05) is 17.5 Å². The minimum atomic E-state index is -4.41. The van der Waals surface area contributed by atoms with E-state index in [0.717, 1.165) is 6.07 Å². The van der Waals surface area contributed by atoms with Crippen LogP contribution in [0, 0.1) is 0 Å². The zero-order valence-corrected chi connectivity index (χ0v) is 11.8. The van der Waals surface area contributed by atoms with Crippen molar-refractivity contribution in [2.75, 3.05) is 18.6 Å². The van der Waals surface area contributed by atoms with Crippen LogP contribution in [0.3, 0.4) is 0 Å². The van der Waals surface area contributed by atoms with Crippen LogP contribution in [-0.2, 0) is 15.7 Å². The van der Waals surface area contributed by atoms with E-state index in [1.165, 1.54) is 37.1 Å². The summed E-state index contributed by atoms with van der Waals surface area (Å²) in [6.45, 7) is 0. The van der Waals surface area contributed by atoms with E-state index in [1.54, 1.807) is 0 Å². The molecule has 0 heterocycles. The first-order chi connectivity index (χ1) is 9.36. The van der Waals surface area contributed by atoms with Gasteiger partial charge in [0.1, 0.15) is 0 Å². The topological polar surface area (TPSA) is 52.3 Å². The SMILES string of the molecule is COC(=O)CCSCC(N)c1ccccc1C(F)(F)F. The molecule has 0 saturated heterocycles. The molecular formula is C13H16F3NO2S. The minimum absolute atomic E-state index is 0.0746. The lowest BCUT2D eigenvalue weighted by atomic mass is 10.0. The summed E-state index contributed by atoms with van der Waals surface area (Å²) in [6.07, 6.45) is -4.19. The molecule has 1 rings (SSSR count). The predicted octanol–water partition coefficient (Wildman–Crippen LogP) is 3.00. The molecule has 1 atom stereocenters. The standard InChI is InChI=1S/C13H16F3NO2S/c1-19-12(18)6-7-20-8-11(17)9-4-2-3-5-10(9)13(14,15)16/h2-5,11H,6-8,17H2,1H3. The number of alkyl halides is 3. The predicted molar refractivity (Wildman–Crippen MR) is 72.3 cm³/mol. The number of methoxy groups -OCH3 is 1. The van der Waals surface area contributed by atoms with Crippen LogP contribution in [0.4, 0.5) is 13.2 Å². The highest BCUT2D eigenvalue weighted by Crippen LogP contribution is 2.34. The van der Waals surface area contributed by atoms with Gasteiger partial charge in [-0.15, -0.1) is 0 Å². The summed E-state index contributed by atoms with van der Waals surface area (Å²) >= 11 is 1.33. The molecule has 1 aromatic carbocycles. The number of thioether (sulfide) groups is 1. The monoisotopic (exact) mass is 307 g/mol. The Balaban J connectivity index is 2.60. The van der Waals surface area contributed by atoms with E-state index in [0.29, 0.717) is 11.5 Å². The largest absolute Gasteiger partial charge is 0.469 e. The molecule has 0 radical (unpaired) electrons. The second kappa shape index (κ2) is 7.54. The van der Waals surface area contributed by atoms with Crippen molar-refractivity contribution in [1.29, 1.82) is 0 Å². The molecule has 2 N–H and O–H groups in total. The Hall–Kier alpha value is -1.21. The maximum Gasteiger partial charge on any atom is 0.416 e. The normalized spacial score (nSPS) is 13.1. The molecule has 0 aliphatic rings. The summed E-state index contributed by atoms with van der Waals surface area (Å²) in [5.41, 5.74) is 5.17. The van der Waals surface area contributed by atoms with Crippen LogP contribution in [0.1, 0.15) is 23.6 Å². The van der Waals surface area contributed by atoms with Crippen molar-refractivity contribution in [1.82, 2.24) is 0 Å². The quantitative estimate of drug-likeness (QED) is 0.648. The first kappa shape index (κ1) is 16.8. The summed E-state index contributed by atoms with van der Waals surface area (Å²) in [6, 6.07) is 4.55. The molecule has 0 bridgehead atoms. The van der Waals surface area contributed by atoms with Crippen LogP contribution in [0.25, 0.3) is 0 Å². The minimum Gasteiger partial charge on any atom is -0.469 e. The zero-order valence-electron chi connectivity index (χ0n) is 10.9. The first-order valence-corrected chi connectivity index (χ1v) is 7.08. The molecule has 0 aliphatic carbocycles. The first-order valence-electron chi connectivity index (χ1n) is 5.92. The average Bonchev–Trinajstić information content (AvgIpc) is 2.42. The lowest BCUT2D eigenvalue weighted by molar-refractivity contribution is -0.140. The summed E-state index contributed by atoms with van der Waals surface area (Å²) in [7, 11) is 1.29. The molecule has 112 valence electrons. The van der Waals surface area contributed by atoms with E-state index < -0.39 is 17.8 Å². The average molecular weight is 307 g/mol. The van der Waals surface area contributed by atoms with Crippen molar-refractivity contribution in [3.8, 4) is 0 Å². The van der Waals surface area contributed by atoms with Crippen LogP contribution in [-0.4, -0.2) is 24.6 Å². The highest BCUT2D eigenvalue weighted by molar-refractivity contribution is 7.99. The van der Waals surface area contributed by atoms with Crippen LogP contribution >= 0.6 is 11.8 Å². The van der Waals surface area contributed by atoms with Crippen molar-refractivity contribution in [2.24, 2.45) is 5.73 Å². The van der Waals surface area contributed by atoms with E-state index in [4.69, 9.17) is 5.73 Å². The van der Waals surface area contributed by atoms with Gasteiger partial charge in [0.25, 0.3) is 0 Å². The second-order valence-electron chi connectivity index (χ2n) is 4.09. The third-order valence-electron chi connectivity index (χ3n) is 2.64. The molecular weight excluding hydrogens is 291 g/mol. The van der Waals surface area contributed by atoms with Crippen molar-refractivity contribution in [3.63, 3.8) is 0 Å². The van der Waals surface area contributed by atoms with Gasteiger partial charge in [0.05, 0.1) is 19.1 Å². The van der Waals surface area contributed by atoms with E-state index >= 15 is 0 Å². The molecule has 0 amide bonds. The second-order valence-corrected chi connectivity index (χ2v) is 5.24. The Bertz CT molecular complexity index is 451. The molecule has 1 unspecified atom stereocenters. The van der Waals surface area contributed by atoms with Crippen LogP contribution in [0.2, 0.25) is 0 Å². The number of esters is 1. The smallest absolute Gasteiger partial charge is 0.416 e. The van der Waals surface area contributed by atoms with E-state index in [9.17, 15) is 18.0 Å². The summed E-state index contributed by atoms with van der Waals surface area (Å²) < 4.78 is 42.9. The van der Waals surface area contributed by atoms with Crippen LogP contribution in [0.15, 0.2) is 24.3 Å². The number of benzene rings is 1. The number of carbonyl (C=O) groups excluding carboxylic acids is 1. The fraction of sp³-hybridized carbons (Fsp3) is 0.462. The highest BCUT2D eigenvalue weighted by Gasteiger charge is 2.34. The number of halogens is 3. The maximum atomic E-state index is 12.8. The summed E-state index contributed by atoms with van der Waals surface area (Å²) in [4.78, 5) is 10.9. The number of hydrogen-bond donors (Lipinski definition) is 1. The Kier molecular flexibility index (Phi) is 6.35. The van der Waals surface area contributed by atoms with Gasteiger partial charge in [0.15, 0.2) is 0 Å². The van der Waals surface area contributed by atoms with Gasteiger partial charge in [-0.2, -0.15) is 24.9 Å². The number of nitrogens with two attached hydrogens (primary N) is 1. The molecule has 0 spiro atoms. The lowest BCUT2D eigenvalue weighted by Crippen LogP contribution is -2.19. The number of hydrogen-bond acceptors (Lipinski definition) is 4. The van der Waals surface area contributed by atoms with Gasteiger partial charge in [-0.05, 0) is 11.6 Å². The van der Waals surface area contributed by atoms with Gasteiger partial charge in [-0.25, -0.2) is 0 Å². The van der Waals surface area contributed by atoms with Gasteiger partial charge >= 0.3 is 12.1 Å². The Morgan fingerprint density at radius 3 is 2.65 bits per heavy atom. The molecule has 0 aromatic heterocycles. The number of carbonyl (C=O) groups is 1. The molecule has 20 heavy (non-hydrogen) atoms. The molecule has 3 nitrogen and oxygen atoms in total. The van der Waals surface area contributed by atoms with E-state index in [1.807, 2.05) is 0 Å². The van der Waals surface area contributed by atoms with Crippen molar-refractivity contribution >= 4 is 17.7 Å². The Labute approximate surface area is 119 Å². The number of ether oxygens (including phenoxy) is 1.